The number of carbonyl (C=O) groups is 1. The van der Waals surface area contributed by atoms with Crippen molar-refractivity contribution in [1.29, 1.82) is 0 Å². The van der Waals surface area contributed by atoms with Gasteiger partial charge in [-0.15, -0.1) is 0 Å². The summed E-state index contributed by atoms with van der Waals surface area (Å²) in [6.07, 6.45) is 2.24. The smallest absolute Gasteiger partial charge is 0.258 e. The number of rotatable bonds is 5. The molecule has 23 heavy (non-hydrogen) atoms. The number of aromatic amines is 1. The molecule has 0 bridgehead atoms. The van der Waals surface area contributed by atoms with Gasteiger partial charge >= 0.3 is 0 Å². The molecule has 1 saturated heterocycles. The Hall–Kier alpha value is -2.25. The van der Waals surface area contributed by atoms with Crippen LogP contribution < -0.4 is 10.9 Å². The maximum Gasteiger partial charge on any atom is 0.258 e. The van der Waals surface area contributed by atoms with Crippen molar-refractivity contribution in [3.05, 3.63) is 40.4 Å². The van der Waals surface area contributed by atoms with E-state index in [0.717, 1.165) is 39.3 Å². The Bertz CT molecular complexity index is 737. The number of nitrogens with zero attached hydrogens (tertiary/aromatic N) is 2. The van der Waals surface area contributed by atoms with E-state index in [0.29, 0.717) is 23.0 Å². The van der Waals surface area contributed by atoms with Crippen LogP contribution in [0.4, 0.5) is 0 Å². The first kappa shape index (κ1) is 15.6. The summed E-state index contributed by atoms with van der Waals surface area (Å²) in [5.41, 5.74) is 0.837. The van der Waals surface area contributed by atoms with Crippen LogP contribution in [0, 0.1) is 0 Å². The molecule has 7 nitrogen and oxygen atoms in total. The maximum atomic E-state index is 12.2. The zero-order valence-electron chi connectivity index (χ0n) is 12.9. The zero-order valence-corrected chi connectivity index (χ0v) is 12.9. The summed E-state index contributed by atoms with van der Waals surface area (Å²) in [5.74, 6) is -0.143. The van der Waals surface area contributed by atoms with E-state index in [1.807, 2.05) is 0 Å². The molecule has 1 amide bonds. The first-order chi connectivity index (χ1) is 11.2. The van der Waals surface area contributed by atoms with Crippen LogP contribution in [0.1, 0.15) is 16.8 Å². The number of carbonyl (C=O) groups excluding carboxylic acids is 1. The van der Waals surface area contributed by atoms with Crippen molar-refractivity contribution in [3.8, 4) is 0 Å². The molecule has 0 unspecified atom stereocenters. The highest BCUT2D eigenvalue weighted by Gasteiger charge is 2.11. The molecule has 122 valence electrons. The highest BCUT2D eigenvalue weighted by molar-refractivity contribution is 5.97. The van der Waals surface area contributed by atoms with Gasteiger partial charge in [-0.2, -0.15) is 0 Å². The van der Waals surface area contributed by atoms with E-state index in [9.17, 15) is 9.59 Å². The number of hydrogen-bond acceptors (Lipinski definition) is 5. The minimum atomic E-state index is -0.201. The molecular formula is C16H20N4O3. The Morgan fingerprint density at radius 1 is 1.35 bits per heavy atom. The number of amides is 1. The molecule has 2 heterocycles. The Morgan fingerprint density at radius 3 is 3.00 bits per heavy atom. The van der Waals surface area contributed by atoms with Crippen molar-refractivity contribution < 1.29 is 9.53 Å². The van der Waals surface area contributed by atoms with E-state index in [-0.39, 0.29) is 11.5 Å². The molecule has 0 spiro atoms. The number of fused-ring (bicyclic) bond motifs is 1. The van der Waals surface area contributed by atoms with E-state index in [1.54, 1.807) is 18.2 Å². The summed E-state index contributed by atoms with van der Waals surface area (Å²) in [5, 5.41) is 3.39. The summed E-state index contributed by atoms with van der Waals surface area (Å²) in [7, 11) is 0. The molecular weight excluding hydrogens is 296 g/mol. The monoisotopic (exact) mass is 316 g/mol. The normalized spacial score (nSPS) is 15.7. The van der Waals surface area contributed by atoms with E-state index in [4.69, 9.17) is 4.74 Å². The summed E-state index contributed by atoms with van der Waals surface area (Å²) in [6.45, 7) is 5.07. The lowest BCUT2D eigenvalue weighted by Gasteiger charge is -2.26. The van der Waals surface area contributed by atoms with Crippen LogP contribution in [0.2, 0.25) is 0 Å². The van der Waals surface area contributed by atoms with Crippen molar-refractivity contribution in [2.24, 2.45) is 0 Å². The average Bonchev–Trinajstić information content (AvgIpc) is 2.59. The molecule has 3 rings (SSSR count). The molecule has 1 aliphatic heterocycles. The molecule has 1 aliphatic rings. The molecule has 2 N–H and O–H groups in total. The van der Waals surface area contributed by atoms with Crippen LogP contribution in [-0.2, 0) is 4.74 Å². The van der Waals surface area contributed by atoms with Crippen molar-refractivity contribution in [2.75, 3.05) is 39.4 Å². The molecule has 2 aromatic rings. The predicted octanol–water partition coefficient (Wildman–Crippen LogP) is 0.375. The van der Waals surface area contributed by atoms with Gasteiger partial charge in [-0.05, 0) is 31.2 Å². The van der Waals surface area contributed by atoms with Gasteiger partial charge in [-0.3, -0.25) is 14.5 Å². The Labute approximate surface area is 133 Å². The van der Waals surface area contributed by atoms with Crippen LogP contribution >= 0.6 is 0 Å². The van der Waals surface area contributed by atoms with Gasteiger partial charge in [0.2, 0.25) is 0 Å². The fourth-order valence-electron chi connectivity index (χ4n) is 2.64. The summed E-state index contributed by atoms with van der Waals surface area (Å²) >= 11 is 0. The lowest BCUT2D eigenvalue weighted by Crippen LogP contribution is -2.38. The van der Waals surface area contributed by atoms with Crippen molar-refractivity contribution in [3.63, 3.8) is 0 Å². The van der Waals surface area contributed by atoms with Gasteiger partial charge in [-0.1, -0.05) is 0 Å². The maximum absolute atomic E-state index is 12.2. The van der Waals surface area contributed by atoms with Crippen molar-refractivity contribution >= 4 is 16.8 Å². The third-order valence-electron chi connectivity index (χ3n) is 3.94. The topological polar surface area (TPSA) is 87.3 Å². The quantitative estimate of drug-likeness (QED) is 0.779. The Kier molecular flexibility index (Phi) is 4.99. The van der Waals surface area contributed by atoms with Gasteiger partial charge in [0.25, 0.3) is 11.5 Å². The summed E-state index contributed by atoms with van der Waals surface area (Å²) in [6, 6.07) is 4.92. The fourth-order valence-corrected chi connectivity index (χ4v) is 2.64. The van der Waals surface area contributed by atoms with Crippen molar-refractivity contribution in [1.82, 2.24) is 20.2 Å². The van der Waals surface area contributed by atoms with Crippen molar-refractivity contribution in [2.45, 2.75) is 6.42 Å². The van der Waals surface area contributed by atoms with Crippen LogP contribution in [0.25, 0.3) is 10.9 Å². The standard InChI is InChI=1S/C16H20N4O3/c21-15(17-4-1-5-20-6-8-23-9-7-20)12-2-3-13-14(10-12)18-11-19-16(13)22/h2-3,10-11H,1,4-9H2,(H,17,21)(H,18,19,22). The third kappa shape index (κ3) is 3.94. The van der Waals surface area contributed by atoms with E-state index in [1.165, 1.54) is 6.33 Å². The van der Waals surface area contributed by atoms with Crippen LogP contribution in [0.3, 0.4) is 0 Å². The second kappa shape index (κ2) is 7.34. The number of aromatic nitrogens is 2. The van der Waals surface area contributed by atoms with Gasteiger partial charge in [0, 0.05) is 25.2 Å². The second-order valence-corrected chi connectivity index (χ2v) is 5.53. The lowest BCUT2D eigenvalue weighted by molar-refractivity contribution is 0.0374. The lowest BCUT2D eigenvalue weighted by atomic mass is 10.1. The molecule has 0 atom stereocenters. The first-order valence-electron chi connectivity index (χ1n) is 7.80. The largest absolute Gasteiger partial charge is 0.379 e. The molecule has 1 aromatic carbocycles. The first-order valence-corrected chi connectivity index (χ1v) is 7.80. The predicted molar refractivity (Wildman–Crippen MR) is 86.6 cm³/mol. The average molecular weight is 316 g/mol. The highest BCUT2D eigenvalue weighted by Crippen LogP contribution is 2.09. The number of morpholine rings is 1. The van der Waals surface area contributed by atoms with Gasteiger partial charge in [0.1, 0.15) is 0 Å². The number of benzene rings is 1. The number of ether oxygens (including phenoxy) is 1. The van der Waals surface area contributed by atoms with E-state index >= 15 is 0 Å². The van der Waals surface area contributed by atoms with E-state index < -0.39 is 0 Å². The van der Waals surface area contributed by atoms with Gasteiger partial charge < -0.3 is 15.0 Å². The number of hydrogen-bond donors (Lipinski definition) is 2. The highest BCUT2D eigenvalue weighted by atomic mass is 16.5. The molecule has 1 fully saturated rings. The zero-order chi connectivity index (χ0) is 16.1. The molecule has 0 aliphatic carbocycles. The Morgan fingerprint density at radius 2 is 2.17 bits per heavy atom. The minimum absolute atomic E-state index is 0.143. The summed E-state index contributed by atoms with van der Waals surface area (Å²) in [4.78, 5) is 32.7. The SMILES string of the molecule is O=C(NCCCN1CCOCC1)c1ccc2c(=O)[nH]cnc2c1. The van der Waals surface area contributed by atoms with Crippen LogP contribution in [0.15, 0.2) is 29.3 Å². The van der Waals surface area contributed by atoms with Gasteiger partial charge in [0.15, 0.2) is 0 Å². The van der Waals surface area contributed by atoms with E-state index in [2.05, 4.69) is 20.2 Å². The number of H-pyrrole nitrogens is 1. The summed E-state index contributed by atoms with van der Waals surface area (Å²) < 4.78 is 5.30. The van der Waals surface area contributed by atoms with Gasteiger partial charge in [0.05, 0.1) is 30.4 Å². The number of nitrogens with one attached hydrogen (secondary N) is 2. The second-order valence-electron chi connectivity index (χ2n) is 5.53. The minimum Gasteiger partial charge on any atom is -0.379 e. The van der Waals surface area contributed by atoms with Crippen LogP contribution in [0.5, 0.6) is 0 Å². The molecule has 7 heteroatoms. The Balaban J connectivity index is 1.52. The third-order valence-corrected chi connectivity index (χ3v) is 3.94. The van der Waals surface area contributed by atoms with Gasteiger partial charge in [-0.25, -0.2) is 4.98 Å². The molecule has 0 saturated carbocycles. The molecule has 1 aromatic heterocycles. The van der Waals surface area contributed by atoms with Crippen LogP contribution in [-0.4, -0.2) is 60.2 Å². The molecule has 0 radical (unpaired) electrons. The fraction of sp³-hybridized carbons (Fsp3) is 0.438.